The van der Waals surface area contributed by atoms with Crippen LogP contribution in [0.3, 0.4) is 0 Å². The number of amides is 1. The standard InChI is InChI=1S/C23H26N4O2.ClH/c1-24-18-7-6-14-26(15-18)23(28)21-16-27(19-8-4-3-5-9-19)25-22(21)17-10-12-20(29-2)13-11-17;/h3-5,8-13,16,18,24H,6-7,14-15H2,1-2H3;1H. The van der Waals surface area contributed by atoms with Crippen molar-refractivity contribution in [3.05, 3.63) is 66.4 Å². The molecule has 4 rings (SSSR count). The number of para-hydroxylation sites is 1. The van der Waals surface area contributed by atoms with Crippen molar-refractivity contribution < 1.29 is 9.53 Å². The number of hydrogen-bond donors (Lipinski definition) is 1. The molecule has 6 nitrogen and oxygen atoms in total. The molecule has 1 aliphatic heterocycles. The lowest BCUT2D eigenvalue weighted by Crippen LogP contribution is -2.47. The highest BCUT2D eigenvalue weighted by Crippen LogP contribution is 2.27. The molecule has 1 amide bonds. The number of likely N-dealkylation sites (N-methyl/N-ethyl adjacent to an activating group) is 1. The van der Waals surface area contributed by atoms with Crippen LogP contribution in [0.25, 0.3) is 16.9 Å². The van der Waals surface area contributed by atoms with Gasteiger partial charge < -0.3 is 15.0 Å². The van der Waals surface area contributed by atoms with Crippen LogP contribution in [0.2, 0.25) is 0 Å². The van der Waals surface area contributed by atoms with E-state index in [0.717, 1.165) is 36.4 Å². The van der Waals surface area contributed by atoms with Gasteiger partial charge in [-0.05, 0) is 56.3 Å². The van der Waals surface area contributed by atoms with Crippen molar-refractivity contribution in [3.63, 3.8) is 0 Å². The average molecular weight is 427 g/mol. The summed E-state index contributed by atoms with van der Waals surface area (Å²) in [7, 11) is 3.59. The van der Waals surface area contributed by atoms with Gasteiger partial charge in [-0.25, -0.2) is 4.68 Å². The Morgan fingerprint density at radius 3 is 2.53 bits per heavy atom. The Balaban J connectivity index is 0.00000256. The Hall–Kier alpha value is -2.83. The summed E-state index contributed by atoms with van der Waals surface area (Å²) < 4.78 is 7.05. The van der Waals surface area contributed by atoms with Gasteiger partial charge in [-0.15, -0.1) is 12.4 Å². The quantitative estimate of drug-likeness (QED) is 0.674. The number of methoxy groups -OCH3 is 1. The molecular formula is C23H27ClN4O2. The summed E-state index contributed by atoms with van der Waals surface area (Å²) in [4.78, 5) is 15.4. The van der Waals surface area contributed by atoms with Gasteiger partial charge in [0.1, 0.15) is 11.4 Å². The molecule has 0 aliphatic carbocycles. The third-order valence-electron chi connectivity index (χ3n) is 5.45. The third kappa shape index (κ3) is 4.50. The molecule has 1 aliphatic rings. The van der Waals surface area contributed by atoms with Gasteiger partial charge in [0, 0.05) is 30.9 Å². The molecule has 158 valence electrons. The zero-order valence-electron chi connectivity index (χ0n) is 17.2. The first-order valence-electron chi connectivity index (χ1n) is 9.95. The number of hydrogen-bond acceptors (Lipinski definition) is 4. The number of nitrogens with one attached hydrogen (secondary N) is 1. The Labute approximate surface area is 183 Å². The normalized spacial score (nSPS) is 16.1. The molecule has 2 aromatic carbocycles. The monoisotopic (exact) mass is 426 g/mol. The summed E-state index contributed by atoms with van der Waals surface area (Å²) >= 11 is 0. The first-order chi connectivity index (χ1) is 14.2. The summed E-state index contributed by atoms with van der Waals surface area (Å²) in [6.45, 7) is 1.49. The van der Waals surface area contributed by atoms with E-state index in [1.54, 1.807) is 11.8 Å². The van der Waals surface area contributed by atoms with Gasteiger partial charge in [0.25, 0.3) is 5.91 Å². The molecule has 7 heteroatoms. The molecule has 0 spiro atoms. The molecule has 0 bridgehead atoms. The molecule has 3 aromatic rings. The van der Waals surface area contributed by atoms with Crippen LogP contribution in [0.4, 0.5) is 0 Å². The molecule has 1 aromatic heterocycles. The lowest BCUT2D eigenvalue weighted by Gasteiger charge is -2.32. The molecule has 0 radical (unpaired) electrons. The number of ether oxygens (including phenoxy) is 1. The third-order valence-corrected chi connectivity index (χ3v) is 5.45. The molecule has 30 heavy (non-hydrogen) atoms. The van der Waals surface area contributed by atoms with Gasteiger partial charge in [0.05, 0.1) is 18.4 Å². The van der Waals surface area contributed by atoms with Crippen LogP contribution in [0.5, 0.6) is 5.75 Å². The SMILES string of the molecule is CNC1CCCN(C(=O)c2cn(-c3ccccc3)nc2-c2ccc(OC)cc2)C1.Cl. The van der Waals surface area contributed by atoms with E-state index >= 15 is 0 Å². The van der Waals surface area contributed by atoms with Crippen LogP contribution in [0.15, 0.2) is 60.8 Å². The summed E-state index contributed by atoms with van der Waals surface area (Å²) in [5.41, 5.74) is 3.13. The van der Waals surface area contributed by atoms with Crippen LogP contribution in [0, 0.1) is 0 Å². The van der Waals surface area contributed by atoms with Gasteiger partial charge in [0.15, 0.2) is 0 Å². The van der Waals surface area contributed by atoms with E-state index in [0.29, 0.717) is 23.8 Å². The largest absolute Gasteiger partial charge is 0.497 e. The van der Waals surface area contributed by atoms with Crippen molar-refractivity contribution in [2.45, 2.75) is 18.9 Å². The second-order valence-electron chi connectivity index (χ2n) is 7.28. The smallest absolute Gasteiger partial charge is 0.257 e. The maximum Gasteiger partial charge on any atom is 0.257 e. The second-order valence-corrected chi connectivity index (χ2v) is 7.28. The zero-order valence-corrected chi connectivity index (χ0v) is 18.1. The number of likely N-dealkylation sites (tertiary alicyclic amines) is 1. The van der Waals surface area contributed by atoms with E-state index in [4.69, 9.17) is 9.84 Å². The number of piperidine rings is 1. The fraction of sp³-hybridized carbons (Fsp3) is 0.304. The van der Waals surface area contributed by atoms with E-state index in [9.17, 15) is 4.79 Å². The van der Waals surface area contributed by atoms with Crippen molar-refractivity contribution in [1.82, 2.24) is 20.0 Å². The van der Waals surface area contributed by atoms with E-state index < -0.39 is 0 Å². The number of carbonyl (C=O) groups excluding carboxylic acids is 1. The minimum absolute atomic E-state index is 0. The Kier molecular flexibility index (Phi) is 7.13. The highest BCUT2D eigenvalue weighted by atomic mass is 35.5. The Morgan fingerprint density at radius 2 is 1.87 bits per heavy atom. The first kappa shape index (κ1) is 21.9. The van der Waals surface area contributed by atoms with Gasteiger partial charge in [-0.2, -0.15) is 5.10 Å². The molecule has 1 N–H and O–H groups in total. The van der Waals surface area contributed by atoms with Crippen LogP contribution >= 0.6 is 12.4 Å². The second kappa shape index (κ2) is 9.78. The lowest BCUT2D eigenvalue weighted by molar-refractivity contribution is 0.0699. The van der Waals surface area contributed by atoms with Crippen LogP contribution in [-0.4, -0.2) is 53.9 Å². The van der Waals surface area contributed by atoms with Crippen LogP contribution in [-0.2, 0) is 0 Å². The number of rotatable bonds is 5. The van der Waals surface area contributed by atoms with Crippen molar-refractivity contribution in [1.29, 1.82) is 0 Å². The average Bonchev–Trinajstić information content (AvgIpc) is 3.24. The Bertz CT molecular complexity index is 973. The highest BCUT2D eigenvalue weighted by molar-refractivity contribution is 6.00. The number of benzene rings is 2. The molecule has 1 fully saturated rings. The van der Waals surface area contributed by atoms with Crippen molar-refractivity contribution in [2.24, 2.45) is 0 Å². The first-order valence-corrected chi connectivity index (χ1v) is 9.95. The van der Waals surface area contributed by atoms with Gasteiger partial charge >= 0.3 is 0 Å². The zero-order chi connectivity index (χ0) is 20.2. The summed E-state index contributed by atoms with van der Waals surface area (Å²) in [5.74, 6) is 0.801. The van der Waals surface area contributed by atoms with Crippen LogP contribution < -0.4 is 10.1 Å². The minimum Gasteiger partial charge on any atom is -0.497 e. The predicted molar refractivity (Wildman–Crippen MR) is 121 cm³/mol. The number of halogens is 1. The van der Waals surface area contributed by atoms with E-state index in [-0.39, 0.29) is 18.3 Å². The molecule has 0 saturated carbocycles. The Morgan fingerprint density at radius 1 is 1.13 bits per heavy atom. The molecular weight excluding hydrogens is 400 g/mol. The molecule has 2 heterocycles. The fourth-order valence-electron chi connectivity index (χ4n) is 3.77. The summed E-state index contributed by atoms with van der Waals surface area (Å²) in [6.07, 6.45) is 3.94. The fourth-order valence-corrected chi connectivity index (χ4v) is 3.77. The summed E-state index contributed by atoms with van der Waals surface area (Å²) in [5, 5.41) is 8.08. The van der Waals surface area contributed by atoms with Gasteiger partial charge in [-0.3, -0.25) is 4.79 Å². The number of aromatic nitrogens is 2. The van der Waals surface area contributed by atoms with Crippen LogP contribution in [0.1, 0.15) is 23.2 Å². The minimum atomic E-state index is 0. The maximum absolute atomic E-state index is 13.4. The number of carbonyl (C=O) groups is 1. The van der Waals surface area contributed by atoms with Gasteiger partial charge in [-0.1, -0.05) is 18.2 Å². The van der Waals surface area contributed by atoms with Crippen molar-refractivity contribution >= 4 is 18.3 Å². The highest BCUT2D eigenvalue weighted by Gasteiger charge is 2.27. The molecule has 1 atom stereocenters. The van der Waals surface area contributed by atoms with E-state index in [2.05, 4.69) is 5.32 Å². The van der Waals surface area contributed by atoms with E-state index in [1.807, 2.05) is 72.7 Å². The molecule has 1 unspecified atom stereocenters. The summed E-state index contributed by atoms with van der Waals surface area (Å²) in [6, 6.07) is 17.9. The predicted octanol–water partition coefficient (Wildman–Crippen LogP) is 3.79. The van der Waals surface area contributed by atoms with E-state index in [1.165, 1.54) is 0 Å². The van der Waals surface area contributed by atoms with Gasteiger partial charge in [0.2, 0.25) is 0 Å². The molecule has 1 saturated heterocycles. The van der Waals surface area contributed by atoms with Crippen molar-refractivity contribution in [2.75, 3.05) is 27.2 Å². The topological polar surface area (TPSA) is 59.4 Å². The number of nitrogens with zero attached hydrogens (tertiary/aromatic N) is 3. The van der Waals surface area contributed by atoms with Crippen molar-refractivity contribution in [3.8, 4) is 22.7 Å². The maximum atomic E-state index is 13.4. The lowest BCUT2D eigenvalue weighted by atomic mass is 10.0.